The van der Waals surface area contributed by atoms with Crippen LogP contribution in [0.5, 0.6) is 0 Å². The Balaban J connectivity index is 1.65. The van der Waals surface area contributed by atoms with Crippen molar-refractivity contribution in [3.63, 3.8) is 0 Å². The molecule has 144 valence electrons. The molecule has 1 heterocycles. The fraction of sp³-hybridized carbons (Fsp3) is 0.350. The SMILES string of the molecule is Cc1ccccc1CNC(=O)C1CCCN(S(=O)(=O)c2ccc(Br)cc2)C1. The number of nitrogens with one attached hydrogen (secondary N) is 1. The van der Waals surface area contributed by atoms with Crippen molar-refractivity contribution in [3.8, 4) is 0 Å². The summed E-state index contributed by atoms with van der Waals surface area (Å²) in [7, 11) is -3.59. The molecule has 0 bridgehead atoms. The first-order valence-electron chi connectivity index (χ1n) is 8.96. The molecule has 0 aliphatic carbocycles. The lowest BCUT2D eigenvalue weighted by Gasteiger charge is -2.31. The zero-order valence-corrected chi connectivity index (χ0v) is 17.6. The number of amides is 1. The Bertz CT molecular complexity index is 913. The lowest BCUT2D eigenvalue weighted by molar-refractivity contribution is -0.126. The Labute approximate surface area is 169 Å². The summed E-state index contributed by atoms with van der Waals surface area (Å²) in [6.45, 7) is 3.13. The Morgan fingerprint density at radius 3 is 2.59 bits per heavy atom. The van der Waals surface area contributed by atoms with Crippen LogP contribution >= 0.6 is 15.9 Å². The number of hydrogen-bond acceptors (Lipinski definition) is 3. The standard InChI is InChI=1S/C20H23BrN2O3S/c1-15-5-2-3-6-16(15)13-22-20(24)17-7-4-12-23(14-17)27(25,26)19-10-8-18(21)9-11-19/h2-3,5-6,8-11,17H,4,7,12-14H2,1H3,(H,22,24). The van der Waals surface area contributed by atoms with Crippen LogP contribution in [-0.2, 0) is 21.4 Å². The third-order valence-electron chi connectivity index (χ3n) is 4.92. The fourth-order valence-electron chi connectivity index (χ4n) is 3.27. The van der Waals surface area contributed by atoms with Gasteiger partial charge in [0.25, 0.3) is 0 Å². The molecule has 0 spiro atoms. The maximum atomic E-state index is 12.9. The number of carbonyl (C=O) groups is 1. The molecular formula is C20H23BrN2O3S. The minimum atomic E-state index is -3.59. The van der Waals surface area contributed by atoms with E-state index in [9.17, 15) is 13.2 Å². The molecule has 1 saturated heterocycles. The van der Waals surface area contributed by atoms with Crippen molar-refractivity contribution in [2.45, 2.75) is 31.2 Å². The molecule has 1 aliphatic rings. The van der Waals surface area contributed by atoms with E-state index in [1.165, 1.54) is 4.31 Å². The van der Waals surface area contributed by atoms with Crippen molar-refractivity contribution in [1.29, 1.82) is 0 Å². The summed E-state index contributed by atoms with van der Waals surface area (Å²) in [6.07, 6.45) is 1.38. The molecule has 0 radical (unpaired) electrons. The van der Waals surface area contributed by atoms with E-state index >= 15 is 0 Å². The van der Waals surface area contributed by atoms with Gasteiger partial charge in [0.15, 0.2) is 0 Å². The van der Waals surface area contributed by atoms with E-state index in [2.05, 4.69) is 21.2 Å². The lowest BCUT2D eigenvalue weighted by Crippen LogP contribution is -2.45. The fourth-order valence-corrected chi connectivity index (χ4v) is 5.05. The number of sulfonamides is 1. The van der Waals surface area contributed by atoms with Crippen LogP contribution in [0, 0.1) is 12.8 Å². The van der Waals surface area contributed by atoms with Crippen LogP contribution in [0.1, 0.15) is 24.0 Å². The first kappa shape index (κ1) is 20.0. The summed E-state index contributed by atoms with van der Waals surface area (Å²) in [5.74, 6) is -0.415. The minimum absolute atomic E-state index is 0.0889. The molecule has 2 aromatic rings. The minimum Gasteiger partial charge on any atom is -0.352 e. The van der Waals surface area contributed by atoms with Crippen molar-refractivity contribution in [1.82, 2.24) is 9.62 Å². The molecule has 3 rings (SSSR count). The second kappa shape index (κ2) is 8.54. The number of piperidine rings is 1. The third-order valence-corrected chi connectivity index (χ3v) is 7.33. The Morgan fingerprint density at radius 1 is 1.19 bits per heavy atom. The molecule has 1 unspecified atom stereocenters. The zero-order chi connectivity index (χ0) is 19.4. The highest BCUT2D eigenvalue weighted by atomic mass is 79.9. The van der Waals surface area contributed by atoms with Crippen LogP contribution in [0.25, 0.3) is 0 Å². The van der Waals surface area contributed by atoms with Crippen LogP contribution in [0.15, 0.2) is 57.9 Å². The monoisotopic (exact) mass is 450 g/mol. The molecule has 1 fully saturated rings. The largest absolute Gasteiger partial charge is 0.352 e. The van der Waals surface area contributed by atoms with Gasteiger partial charge in [-0.25, -0.2) is 8.42 Å². The van der Waals surface area contributed by atoms with E-state index < -0.39 is 10.0 Å². The molecule has 0 aromatic heterocycles. The van der Waals surface area contributed by atoms with Crippen molar-refractivity contribution in [2.24, 2.45) is 5.92 Å². The lowest BCUT2D eigenvalue weighted by atomic mass is 9.98. The molecule has 27 heavy (non-hydrogen) atoms. The second-order valence-corrected chi connectivity index (χ2v) is 9.65. The van der Waals surface area contributed by atoms with Gasteiger partial charge < -0.3 is 5.32 Å². The smallest absolute Gasteiger partial charge is 0.243 e. The van der Waals surface area contributed by atoms with E-state index in [-0.39, 0.29) is 23.3 Å². The average Bonchev–Trinajstić information content (AvgIpc) is 2.67. The summed E-state index contributed by atoms with van der Waals surface area (Å²) in [5, 5.41) is 2.96. The zero-order valence-electron chi connectivity index (χ0n) is 15.2. The second-order valence-electron chi connectivity index (χ2n) is 6.80. The van der Waals surface area contributed by atoms with Gasteiger partial charge in [-0.05, 0) is 55.2 Å². The molecule has 1 amide bonds. The molecule has 0 saturated carbocycles. The highest BCUT2D eigenvalue weighted by molar-refractivity contribution is 9.10. The number of aryl methyl sites for hydroxylation is 1. The van der Waals surface area contributed by atoms with Crippen molar-refractivity contribution in [3.05, 3.63) is 64.1 Å². The van der Waals surface area contributed by atoms with Gasteiger partial charge in [0, 0.05) is 24.1 Å². The van der Waals surface area contributed by atoms with Crippen molar-refractivity contribution >= 4 is 31.9 Å². The topological polar surface area (TPSA) is 66.5 Å². The maximum Gasteiger partial charge on any atom is 0.243 e. The number of benzene rings is 2. The normalized spacial score (nSPS) is 18.2. The predicted molar refractivity (Wildman–Crippen MR) is 109 cm³/mol. The number of halogens is 1. The first-order valence-corrected chi connectivity index (χ1v) is 11.2. The van der Waals surface area contributed by atoms with Gasteiger partial charge in [-0.2, -0.15) is 4.31 Å². The van der Waals surface area contributed by atoms with Gasteiger partial charge >= 0.3 is 0 Å². The summed E-state index contributed by atoms with van der Waals surface area (Å²) < 4.78 is 28.0. The van der Waals surface area contributed by atoms with E-state index in [1.807, 2.05) is 31.2 Å². The van der Waals surface area contributed by atoms with E-state index in [0.29, 0.717) is 25.9 Å². The summed E-state index contributed by atoms with van der Waals surface area (Å²) >= 11 is 3.32. The number of rotatable bonds is 5. The average molecular weight is 451 g/mol. The van der Waals surface area contributed by atoms with Crippen molar-refractivity contribution < 1.29 is 13.2 Å². The van der Waals surface area contributed by atoms with Gasteiger partial charge in [-0.3, -0.25) is 4.79 Å². The van der Waals surface area contributed by atoms with E-state index in [4.69, 9.17) is 0 Å². The summed E-state index contributed by atoms with van der Waals surface area (Å²) in [4.78, 5) is 12.9. The van der Waals surface area contributed by atoms with Gasteiger partial charge in [-0.1, -0.05) is 40.2 Å². The highest BCUT2D eigenvalue weighted by Crippen LogP contribution is 2.25. The molecule has 2 aromatic carbocycles. The Kier molecular flexibility index (Phi) is 6.34. The van der Waals surface area contributed by atoms with Gasteiger partial charge in [-0.15, -0.1) is 0 Å². The third kappa shape index (κ3) is 4.78. The van der Waals surface area contributed by atoms with Crippen molar-refractivity contribution in [2.75, 3.05) is 13.1 Å². The quantitative estimate of drug-likeness (QED) is 0.757. The molecule has 1 N–H and O–H groups in total. The molecular weight excluding hydrogens is 428 g/mol. The number of carbonyl (C=O) groups excluding carboxylic acids is 1. The van der Waals surface area contributed by atoms with Gasteiger partial charge in [0.05, 0.1) is 10.8 Å². The van der Waals surface area contributed by atoms with Crippen LogP contribution in [0.3, 0.4) is 0 Å². The van der Waals surface area contributed by atoms with Crippen LogP contribution in [0.4, 0.5) is 0 Å². The van der Waals surface area contributed by atoms with Gasteiger partial charge in [0.1, 0.15) is 0 Å². The van der Waals surface area contributed by atoms with Crippen LogP contribution in [0.2, 0.25) is 0 Å². The van der Waals surface area contributed by atoms with E-state index in [0.717, 1.165) is 15.6 Å². The summed E-state index contributed by atoms with van der Waals surface area (Å²) in [5.41, 5.74) is 2.20. The number of nitrogens with zero attached hydrogens (tertiary/aromatic N) is 1. The molecule has 7 heteroatoms. The Hall–Kier alpha value is -1.70. The van der Waals surface area contributed by atoms with Crippen LogP contribution < -0.4 is 5.32 Å². The molecule has 1 aliphatic heterocycles. The summed E-state index contributed by atoms with van der Waals surface area (Å²) in [6, 6.07) is 14.5. The van der Waals surface area contributed by atoms with Gasteiger partial charge in [0.2, 0.25) is 15.9 Å². The maximum absolute atomic E-state index is 12.9. The van der Waals surface area contributed by atoms with E-state index in [1.54, 1.807) is 24.3 Å². The Morgan fingerprint density at radius 2 is 1.89 bits per heavy atom. The molecule has 5 nitrogen and oxygen atoms in total. The first-order chi connectivity index (χ1) is 12.9. The highest BCUT2D eigenvalue weighted by Gasteiger charge is 2.33. The number of hydrogen-bond donors (Lipinski definition) is 1. The molecule has 1 atom stereocenters. The predicted octanol–water partition coefficient (Wildman–Crippen LogP) is 3.47. The van der Waals surface area contributed by atoms with Crippen LogP contribution in [-0.4, -0.2) is 31.7 Å².